The smallest absolute Gasteiger partial charge is 0.419 e. The summed E-state index contributed by atoms with van der Waals surface area (Å²) in [5.74, 6) is 0.269. The van der Waals surface area contributed by atoms with Crippen LogP contribution in [0.3, 0.4) is 0 Å². The highest BCUT2D eigenvalue weighted by molar-refractivity contribution is 8.02. The molecule has 1 aliphatic rings. The monoisotopic (exact) mass is 308 g/mol. The Morgan fingerprint density at radius 1 is 1.37 bits per heavy atom. The zero-order valence-electron chi connectivity index (χ0n) is 10.1. The summed E-state index contributed by atoms with van der Waals surface area (Å²) in [6.07, 6.45) is -1.99. The van der Waals surface area contributed by atoms with Crippen LogP contribution in [0.4, 0.5) is 13.2 Å². The zero-order chi connectivity index (χ0) is 14.0. The Morgan fingerprint density at radius 3 is 2.68 bits per heavy atom. The van der Waals surface area contributed by atoms with Crippen LogP contribution in [0.25, 0.3) is 6.08 Å². The number of hydrogen-bond donors (Lipinski definition) is 0. The standard InChI is InChI=1S/C13H12ClF3OS/c1-18-11-6-8-3-5-19-12(2-4-14)9(8)7-10(11)13(15,16)17/h3,5-7,12H,2,4H2,1H3. The molecule has 0 saturated heterocycles. The summed E-state index contributed by atoms with van der Waals surface area (Å²) in [6, 6.07) is 2.62. The highest BCUT2D eigenvalue weighted by Crippen LogP contribution is 2.45. The van der Waals surface area contributed by atoms with Gasteiger partial charge in [0.15, 0.2) is 0 Å². The second-order valence-corrected chi connectivity index (χ2v) is 5.58. The predicted octanol–water partition coefficient (Wildman–Crippen LogP) is 5.10. The van der Waals surface area contributed by atoms with Crippen molar-refractivity contribution < 1.29 is 17.9 Å². The molecule has 0 N–H and O–H groups in total. The minimum absolute atomic E-state index is 0.0375. The molecule has 0 aromatic heterocycles. The van der Waals surface area contributed by atoms with E-state index in [2.05, 4.69) is 0 Å². The number of alkyl halides is 4. The largest absolute Gasteiger partial charge is 0.496 e. The predicted molar refractivity (Wildman–Crippen MR) is 72.7 cm³/mol. The Kier molecular flexibility index (Phi) is 4.36. The molecule has 1 nitrogen and oxygen atoms in total. The van der Waals surface area contributed by atoms with Crippen molar-refractivity contribution >= 4 is 29.4 Å². The maximum atomic E-state index is 13.0. The molecule has 0 bridgehead atoms. The number of rotatable bonds is 3. The van der Waals surface area contributed by atoms with Gasteiger partial charge in [-0.1, -0.05) is 0 Å². The Bertz CT molecular complexity index is 499. The fourth-order valence-corrected chi connectivity index (χ4v) is 3.40. The third kappa shape index (κ3) is 3.03. The van der Waals surface area contributed by atoms with Gasteiger partial charge in [0.2, 0.25) is 0 Å². The molecule has 19 heavy (non-hydrogen) atoms. The first kappa shape index (κ1) is 14.6. The van der Waals surface area contributed by atoms with Crippen molar-refractivity contribution in [3.63, 3.8) is 0 Å². The number of hydrogen-bond acceptors (Lipinski definition) is 2. The second-order valence-electron chi connectivity index (χ2n) is 4.08. The van der Waals surface area contributed by atoms with Gasteiger partial charge in [-0.2, -0.15) is 13.2 Å². The van der Waals surface area contributed by atoms with Gasteiger partial charge in [-0.05, 0) is 41.2 Å². The zero-order valence-corrected chi connectivity index (χ0v) is 11.7. The summed E-state index contributed by atoms with van der Waals surface area (Å²) < 4.78 is 43.8. The number of benzene rings is 1. The van der Waals surface area contributed by atoms with Gasteiger partial charge in [0.1, 0.15) is 5.75 Å². The van der Waals surface area contributed by atoms with E-state index in [0.29, 0.717) is 17.9 Å². The summed E-state index contributed by atoms with van der Waals surface area (Å²) >= 11 is 7.20. The van der Waals surface area contributed by atoms with Crippen molar-refractivity contribution in [1.82, 2.24) is 0 Å². The third-order valence-corrected chi connectivity index (χ3v) is 4.25. The lowest BCUT2D eigenvalue weighted by atomic mass is 9.98. The van der Waals surface area contributed by atoms with Gasteiger partial charge in [0, 0.05) is 11.1 Å². The average Bonchev–Trinajstić information content (AvgIpc) is 2.37. The van der Waals surface area contributed by atoms with E-state index in [1.807, 2.05) is 5.41 Å². The van der Waals surface area contributed by atoms with E-state index >= 15 is 0 Å². The van der Waals surface area contributed by atoms with E-state index in [1.54, 1.807) is 6.08 Å². The van der Waals surface area contributed by atoms with Crippen LogP contribution in [0, 0.1) is 0 Å². The summed E-state index contributed by atoms with van der Waals surface area (Å²) in [7, 11) is 1.24. The maximum absolute atomic E-state index is 13.0. The maximum Gasteiger partial charge on any atom is 0.419 e. The van der Waals surface area contributed by atoms with Gasteiger partial charge >= 0.3 is 6.18 Å². The van der Waals surface area contributed by atoms with E-state index in [-0.39, 0.29) is 11.0 Å². The topological polar surface area (TPSA) is 9.23 Å². The van der Waals surface area contributed by atoms with Gasteiger partial charge in [0.05, 0.1) is 12.7 Å². The van der Waals surface area contributed by atoms with Crippen LogP contribution in [-0.2, 0) is 6.18 Å². The molecule has 0 radical (unpaired) electrons. The summed E-state index contributed by atoms with van der Waals surface area (Å²) in [4.78, 5) is 0. The normalized spacial score (nSPS) is 18.3. The van der Waals surface area contributed by atoms with E-state index in [1.165, 1.54) is 31.0 Å². The van der Waals surface area contributed by atoms with E-state index in [9.17, 15) is 13.2 Å². The van der Waals surface area contributed by atoms with E-state index in [0.717, 1.165) is 5.56 Å². The molecular weight excluding hydrogens is 297 g/mol. The SMILES string of the molecule is COc1cc2c(cc1C(F)(F)F)C(CCCl)SC=C2. The molecule has 0 saturated carbocycles. The lowest BCUT2D eigenvalue weighted by Gasteiger charge is -2.23. The first-order valence-electron chi connectivity index (χ1n) is 5.64. The summed E-state index contributed by atoms with van der Waals surface area (Å²) in [5.41, 5.74) is 0.698. The molecule has 0 spiro atoms. The Hall–Kier alpha value is -0.810. The van der Waals surface area contributed by atoms with Crippen molar-refractivity contribution in [1.29, 1.82) is 0 Å². The molecule has 1 aromatic carbocycles. The molecule has 1 aromatic rings. The fraction of sp³-hybridized carbons (Fsp3) is 0.385. The number of halogens is 4. The van der Waals surface area contributed by atoms with Gasteiger partial charge in [-0.15, -0.1) is 23.4 Å². The molecule has 1 aliphatic heterocycles. The van der Waals surface area contributed by atoms with Crippen LogP contribution in [0.1, 0.15) is 28.4 Å². The molecule has 0 aliphatic carbocycles. The highest BCUT2D eigenvalue weighted by atomic mass is 35.5. The molecule has 6 heteroatoms. The van der Waals surface area contributed by atoms with Crippen LogP contribution in [-0.4, -0.2) is 13.0 Å². The van der Waals surface area contributed by atoms with E-state index in [4.69, 9.17) is 16.3 Å². The first-order chi connectivity index (χ1) is 8.97. The van der Waals surface area contributed by atoms with Crippen LogP contribution >= 0.6 is 23.4 Å². The second kappa shape index (κ2) is 5.67. The molecule has 0 amide bonds. The number of fused-ring (bicyclic) bond motifs is 1. The Labute approximate surface area is 118 Å². The van der Waals surface area contributed by atoms with Crippen LogP contribution in [0.5, 0.6) is 5.75 Å². The van der Waals surface area contributed by atoms with Crippen molar-refractivity contribution in [3.05, 3.63) is 34.2 Å². The molecule has 1 atom stereocenters. The van der Waals surface area contributed by atoms with Gasteiger partial charge in [-0.3, -0.25) is 0 Å². The molecule has 1 unspecified atom stereocenters. The number of methoxy groups -OCH3 is 1. The highest BCUT2D eigenvalue weighted by Gasteiger charge is 2.36. The van der Waals surface area contributed by atoms with Crippen molar-refractivity contribution in [2.75, 3.05) is 13.0 Å². The van der Waals surface area contributed by atoms with Crippen molar-refractivity contribution in [2.45, 2.75) is 17.8 Å². The average molecular weight is 309 g/mol. The minimum Gasteiger partial charge on any atom is -0.496 e. The van der Waals surface area contributed by atoms with Gasteiger partial charge in [-0.25, -0.2) is 0 Å². The van der Waals surface area contributed by atoms with Crippen molar-refractivity contribution in [3.8, 4) is 5.75 Å². The Morgan fingerprint density at radius 2 is 2.11 bits per heavy atom. The minimum atomic E-state index is -4.42. The quantitative estimate of drug-likeness (QED) is 0.718. The van der Waals surface area contributed by atoms with Gasteiger partial charge < -0.3 is 4.74 Å². The van der Waals surface area contributed by atoms with Crippen LogP contribution in [0.2, 0.25) is 0 Å². The summed E-state index contributed by atoms with van der Waals surface area (Å²) in [5, 5.41) is 1.84. The fourth-order valence-electron chi connectivity index (χ4n) is 2.03. The third-order valence-electron chi connectivity index (χ3n) is 2.92. The number of ether oxygens (including phenoxy) is 1. The van der Waals surface area contributed by atoms with Crippen LogP contribution < -0.4 is 4.74 Å². The molecule has 0 fully saturated rings. The molecule has 2 rings (SSSR count). The molecule has 1 heterocycles. The lowest BCUT2D eigenvalue weighted by Crippen LogP contribution is -2.11. The molecular formula is C13H12ClF3OS. The molecule has 104 valence electrons. The number of thioether (sulfide) groups is 1. The van der Waals surface area contributed by atoms with Crippen molar-refractivity contribution in [2.24, 2.45) is 0 Å². The Balaban J connectivity index is 2.54. The first-order valence-corrected chi connectivity index (χ1v) is 7.12. The van der Waals surface area contributed by atoms with E-state index < -0.39 is 11.7 Å². The van der Waals surface area contributed by atoms with Gasteiger partial charge in [0.25, 0.3) is 0 Å². The lowest BCUT2D eigenvalue weighted by molar-refractivity contribution is -0.138. The summed E-state index contributed by atoms with van der Waals surface area (Å²) in [6.45, 7) is 0. The van der Waals surface area contributed by atoms with Crippen LogP contribution in [0.15, 0.2) is 17.5 Å².